The van der Waals surface area contributed by atoms with Gasteiger partial charge < -0.3 is 19.7 Å². The molecule has 7 heteroatoms. The number of fused-ring (bicyclic) bond motifs is 1. The predicted molar refractivity (Wildman–Crippen MR) is 115 cm³/mol. The zero-order valence-corrected chi connectivity index (χ0v) is 16.7. The Bertz CT molecular complexity index is 1100. The molecule has 4 rings (SSSR count). The first-order valence-corrected chi connectivity index (χ1v) is 9.74. The van der Waals surface area contributed by atoms with E-state index in [1.165, 1.54) is 13.4 Å². The van der Waals surface area contributed by atoms with E-state index in [4.69, 9.17) is 15.9 Å². The fourth-order valence-electron chi connectivity index (χ4n) is 3.51. The Kier molecular flexibility index (Phi) is 5.66. The highest BCUT2D eigenvalue weighted by atomic mass is 16.5. The number of methoxy groups -OCH3 is 1. The molecule has 7 nitrogen and oxygen atoms in total. The largest absolute Gasteiger partial charge is 0.490 e. The first kappa shape index (κ1) is 19.5. The number of carbonyl (C=O) groups excluding carboxylic acids is 1. The molecule has 1 amide bonds. The van der Waals surface area contributed by atoms with Crippen LogP contribution < -0.4 is 10.1 Å². The number of nitrogens with one attached hydrogen (secondary N) is 1. The maximum atomic E-state index is 11.6. The Morgan fingerprint density at radius 3 is 2.80 bits per heavy atom. The number of terminal acetylenes is 1. The van der Waals surface area contributed by atoms with Crippen molar-refractivity contribution < 1.29 is 14.3 Å². The highest BCUT2D eigenvalue weighted by Crippen LogP contribution is 2.28. The van der Waals surface area contributed by atoms with Gasteiger partial charge in [0.1, 0.15) is 24.0 Å². The molecule has 1 saturated heterocycles. The molecule has 3 aromatic rings. The SMILES string of the molecule is C#Cc1cccc(Nc2ncnc3ccc(OC4CCN(C(=O)OC)CC4)cc23)c1. The minimum absolute atomic E-state index is 0.0386. The number of rotatable bonds is 4. The van der Waals surface area contributed by atoms with E-state index >= 15 is 0 Å². The molecule has 1 N–H and O–H groups in total. The van der Waals surface area contributed by atoms with E-state index in [0.29, 0.717) is 18.9 Å². The fourth-order valence-corrected chi connectivity index (χ4v) is 3.51. The molecule has 2 aromatic carbocycles. The van der Waals surface area contributed by atoms with E-state index in [2.05, 4.69) is 21.2 Å². The van der Waals surface area contributed by atoms with E-state index < -0.39 is 0 Å². The molecule has 0 saturated carbocycles. The van der Waals surface area contributed by atoms with Crippen LogP contribution in [-0.4, -0.2) is 47.3 Å². The summed E-state index contributed by atoms with van der Waals surface area (Å²) in [7, 11) is 1.40. The van der Waals surface area contributed by atoms with Gasteiger partial charge >= 0.3 is 6.09 Å². The van der Waals surface area contributed by atoms with E-state index in [-0.39, 0.29) is 12.2 Å². The van der Waals surface area contributed by atoms with Crippen molar-refractivity contribution in [1.82, 2.24) is 14.9 Å². The van der Waals surface area contributed by atoms with Gasteiger partial charge in [-0.15, -0.1) is 6.42 Å². The molecule has 1 aliphatic rings. The second-order valence-electron chi connectivity index (χ2n) is 7.03. The third kappa shape index (κ3) is 4.28. The van der Waals surface area contributed by atoms with E-state index in [1.807, 2.05) is 42.5 Å². The van der Waals surface area contributed by atoms with Crippen molar-refractivity contribution in [3.05, 3.63) is 54.4 Å². The van der Waals surface area contributed by atoms with Crippen molar-refractivity contribution in [1.29, 1.82) is 0 Å². The lowest BCUT2D eigenvalue weighted by Gasteiger charge is -2.31. The molecule has 0 atom stereocenters. The summed E-state index contributed by atoms with van der Waals surface area (Å²) in [6.45, 7) is 1.23. The van der Waals surface area contributed by atoms with Crippen molar-refractivity contribution in [2.75, 3.05) is 25.5 Å². The van der Waals surface area contributed by atoms with Gasteiger partial charge in [0.15, 0.2) is 0 Å². The normalized spacial score (nSPS) is 14.2. The van der Waals surface area contributed by atoms with Crippen LogP contribution in [-0.2, 0) is 4.74 Å². The topological polar surface area (TPSA) is 76.6 Å². The zero-order chi connectivity index (χ0) is 20.9. The maximum absolute atomic E-state index is 11.6. The van der Waals surface area contributed by atoms with Crippen LogP contribution in [0.2, 0.25) is 0 Å². The first-order valence-electron chi connectivity index (χ1n) is 9.74. The van der Waals surface area contributed by atoms with Crippen LogP contribution in [0.25, 0.3) is 10.9 Å². The molecule has 1 aromatic heterocycles. The minimum atomic E-state index is -0.291. The summed E-state index contributed by atoms with van der Waals surface area (Å²) < 4.78 is 11.0. The molecule has 0 radical (unpaired) electrons. The molecular formula is C23H22N4O3. The third-order valence-corrected chi connectivity index (χ3v) is 5.08. The predicted octanol–water partition coefficient (Wildman–Crippen LogP) is 3.96. The summed E-state index contributed by atoms with van der Waals surface area (Å²) in [6, 6.07) is 13.4. The van der Waals surface area contributed by atoms with Crippen molar-refractivity contribution in [2.24, 2.45) is 0 Å². The Hall–Kier alpha value is -3.79. The number of hydrogen-bond donors (Lipinski definition) is 1. The van der Waals surface area contributed by atoms with E-state index in [1.54, 1.807) is 4.90 Å². The molecule has 2 heterocycles. The molecule has 30 heavy (non-hydrogen) atoms. The van der Waals surface area contributed by atoms with Gasteiger partial charge in [0.2, 0.25) is 0 Å². The average Bonchev–Trinajstić information content (AvgIpc) is 2.79. The van der Waals surface area contributed by atoms with Crippen LogP contribution in [0.5, 0.6) is 5.75 Å². The highest BCUT2D eigenvalue weighted by Gasteiger charge is 2.24. The number of anilines is 2. The number of aromatic nitrogens is 2. The van der Waals surface area contributed by atoms with Crippen LogP contribution >= 0.6 is 0 Å². The Morgan fingerprint density at radius 1 is 1.20 bits per heavy atom. The standard InChI is InChI=1S/C23H22N4O3/c1-3-16-5-4-6-17(13-16)26-22-20-14-19(7-8-21(20)24-15-25-22)30-18-9-11-27(12-10-18)23(28)29-2/h1,4-8,13-15,18H,9-12H2,2H3,(H,24,25,26). The second-order valence-corrected chi connectivity index (χ2v) is 7.03. The molecular weight excluding hydrogens is 380 g/mol. The summed E-state index contributed by atoms with van der Waals surface area (Å²) in [5.74, 6) is 4.06. The van der Waals surface area contributed by atoms with Gasteiger partial charge in [-0.05, 0) is 36.4 Å². The van der Waals surface area contributed by atoms with E-state index in [9.17, 15) is 4.79 Å². The van der Waals surface area contributed by atoms with Gasteiger partial charge in [-0.2, -0.15) is 0 Å². The number of ether oxygens (including phenoxy) is 2. The second kappa shape index (κ2) is 8.70. The lowest BCUT2D eigenvalue weighted by atomic mass is 10.1. The van der Waals surface area contributed by atoms with Crippen LogP contribution in [0.15, 0.2) is 48.8 Å². The minimum Gasteiger partial charge on any atom is -0.490 e. The van der Waals surface area contributed by atoms with Gasteiger partial charge in [-0.3, -0.25) is 0 Å². The summed E-state index contributed by atoms with van der Waals surface area (Å²) in [5, 5.41) is 4.17. The van der Waals surface area contributed by atoms with Gasteiger partial charge in [0, 0.05) is 42.6 Å². The average molecular weight is 402 g/mol. The number of carbonyl (C=O) groups is 1. The number of piperidine rings is 1. The quantitative estimate of drug-likeness (QED) is 0.666. The highest BCUT2D eigenvalue weighted by molar-refractivity contribution is 5.91. The molecule has 1 fully saturated rings. The van der Waals surface area contributed by atoms with Crippen molar-refractivity contribution in [2.45, 2.75) is 18.9 Å². The Morgan fingerprint density at radius 2 is 2.03 bits per heavy atom. The Balaban J connectivity index is 1.52. The van der Waals surface area contributed by atoms with Gasteiger partial charge in [-0.1, -0.05) is 12.0 Å². The molecule has 1 aliphatic heterocycles. The van der Waals surface area contributed by atoms with Gasteiger partial charge in [-0.25, -0.2) is 14.8 Å². The molecule has 0 aliphatic carbocycles. The molecule has 0 spiro atoms. The molecule has 0 bridgehead atoms. The lowest BCUT2D eigenvalue weighted by molar-refractivity contribution is 0.0791. The number of nitrogens with zero attached hydrogens (tertiary/aromatic N) is 3. The van der Waals surface area contributed by atoms with Crippen LogP contribution in [0, 0.1) is 12.3 Å². The van der Waals surface area contributed by atoms with Gasteiger partial charge in [0.25, 0.3) is 0 Å². The van der Waals surface area contributed by atoms with Crippen LogP contribution in [0.4, 0.5) is 16.3 Å². The van der Waals surface area contributed by atoms with Crippen molar-refractivity contribution in [3.8, 4) is 18.1 Å². The first-order chi connectivity index (χ1) is 14.7. The summed E-state index contributed by atoms with van der Waals surface area (Å²) in [4.78, 5) is 22.1. The van der Waals surface area contributed by atoms with Crippen molar-refractivity contribution >= 4 is 28.5 Å². The smallest absolute Gasteiger partial charge is 0.409 e. The van der Waals surface area contributed by atoms with Crippen LogP contribution in [0.1, 0.15) is 18.4 Å². The molecule has 0 unspecified atom stereocenters. The monoisotopic (exact) mass is 402 g/mol. The molecule has 152 valence electrons. The van der Waals surface area contributed by atoms with E-state index in [0.717, 1.165) is 40.7 Å². The number of likely N-dealkylation sites (tertiary alicyclic amines) is 1. The summed E-state index contributed by atoms with van der Waals surface area (Å²) in [5.41, 5.74) is 2.46. The Labute approximate surface area is 175 Å². The number of hydrogen-bond acceptors (Lipinski definition) is 6. The number of benzene rings is 2. The lowest BCUT2D eigenvalue weighted by Crippen LogP contribution is -2.41. The van der Waals surface area contributed by atoms with Crippen LogP contribution in [0.3, 0.4) is 0 Å². The van der Waals surface area contributed by atoms with Crippen molar-refractivity contribution in [3.63, 3.8) is 0 Å². The van der Waals surface area contributed by atoms with Gasteiger partial charge in [0.05, 0.1) is 12.6 Å². The maximum Gasteiger partial charge on any atom is 0.409 e. The zero-order valence-electron chi connectivity index (χ0n) is 16.7. The fraction of sp³-hybridized carbons (Fsp3) is 0.261. The summed E-state index contributed by atoms with van der Waals surface area (Å²) >= 11 is 0. The summed E-state index contributed by atoms with van der Waals surface area (Å²) in [6.07, 6.45) is 8.27. The third-order valence-electron chi connectivity index (χ3n) is 5.08. The number of amides is 1.